The zero-order valence-electron chi connectivity index (χ0n) is 19.7. The van der Waals surface area contributed by atoms with E-state index in [4.69, 9.17) is 14.2 Å². The fourth-order valence-electron chi connectivity index (χ4n) is 3.19. The smallest absolute Gasteiger partial charge is 0.349 e. The number of nitrogens with one attached hydrogen (secondary N) is 1. The number of carbonyl (C=O) groups is 2. The molecule has 0 spiro atoms. The van der Waals surface area contributed by atoms with Gasteiger partial charge in [-0.3, -0.25) is 4.79 Å². The standard InChI is InChI=1S/C26H30N2O5/c1-6-11-28-26(30)20(15-27)13-19-7-10-23(24(14-19)31-5)33-25(29)16-32-21-8-9-22(17(2)3)18(4)12-21/h7-10,12-14,17H,6,11,16H2,1-5H3,(H,28,30)/b20-13+. The minimum Gasteiger partial charge on any atom is -0.493 e. The highest BCUT2D eigenvalue weighted by Crippen LogP contribution is 2.29. The van der Waals surface area contributed by atoms with Crippen molar-refractivity contribution in [1.29, 1.82) is 5.26 Å². The number of hydrogen-bond donors (Lipinski definition) is 1. The first-order valence-electron chi connectivity index (χ1n) is 10.8. The van der Waals surface area contributed by atoms with Gasteiger partial charge >= 0.3 is 5.97 Å². The van der Waals surface area contributed by atoms with Gasteiger partial charge in [-0.1, -0.05) is 32.9 Å². The van der Waals surface area contributed by atoms with Crippen molar-refractivity contribution in [2.45, 2.75) is 40.0 Å². The number of benzene rings is 2. The number of esters is 1. The molecule has 0 saturated heterocycles. The maximum atomic E-state index is 12.3. The summed E-state index contributed by atoms with van der Waals surface area (Å²) in [5, 5.41) is 11.9. The Balaban J connectivity index is 2.06. The number of hydrogen-bond acceptors (Lipinski definition) is 6. The van der Waals surface area contributed by atoms with E-state index in [1.54, 1.807) is 18.2 Å². The zero-order valence-corrected chi connectivity index (χ0v) is 19.7. The molecular weight excluding hydrogens is 420 g/mol. The molecule has 0 aliphatic rings. The Morgan fingerprint density at radius 2 is 1.91 bits per heavy atom. The van der Waals surface area contributed by atoms with E-state index in [-0.39, 0.29) is 17.9 Å². The highest BCUT2D eigenvalue weighted by molar-refractivity contribution is 6.01. The minimum atomic E-state index is -0.584. The number of nitriles is 1. The summed E-state index contributed by atoms with van der Waals surface area (Å²) in [6.07, 6.45) is 2.22. The molecule has 2 aromatic carbocycles. The van der Waals surface area contributed by atoms with Crippen LogP contribution in [-0.4, -0.2) is 32.1 Å². The third-order valence-electron chi connectivity index (χ3n) is 4.84. The molecule has 1 N–H and O–H groups in total. The second-order valence-corrected chi connectivity index (χ2v) is 7.77. The van der Waals surface area contributed by atoms with E-state index in [0.717, 1.165) is 12.0 Å². The lowest BCUT2D eigenvalue weighted by molar-refractivity contribution is -0.136. The molecule has 0 atom stereocenters. The van der Waals surface area contributed by atoms with Gasteiger partial charge in [0.15, 0.2) is 18.1 Å². The van der Waals surface area contributed by atoms with Crippen molar-refractivity contribution in [3.63, 3.8) is 0 Å². The van der Waals surface area contributed by atoms with Gasteiger partial charge in [0, 0.05) is 6.54 Å². The molecule has 0 radical (unpaired) electrons. The van der Waals surface area contributed by atoms with Crippen LogP contribution in [0.15, 0.2) is 42.0 Å². The third kappa shape index (κ3) is 7.39. The lowest BCUT2D eigenvalue weighted by Gasteiger charge is -2.13. The molecular formula is C26H30N2O5. The lowest BCUT2D eigenvalue weighted by Crippen LogP contribution is -2.25. The van der Waals surface area contributed by atoms with Crippen molar-refractivity contribution in [3.8, 4) is 23.3 Å². The van der Waals surface area contributed by atoms with Gasteiger partial charge in [-0.25, -0.2) is 4.79 Å². The first-order chi connectivity index (χ1) is 15.8. The topological polar surface area (TPSA) is 97.7 Å². The summed E-state index contributed by atoms with van der Waals surface area (Å²) < 4.78 is 16.3. The number of methoxy groups -OCH3 is 1. The van der Waals surface area contributed by atoms with Gasteiger partial charge in [0.25, 0.3) is 5.91 Å². The van der Waals surface area contributed by atoms with Gasteiger partial charge in [-0.15, -0.1) is 0 Å². The number of carbonyl (C=O) groups excluding carboxylic acids is 2. The van der Waals surface area contributed by atoms with E-state index >= 15 is 0 Å². The van der Waals surface area contributed by atoms with Crippen LogP contribution in [0, 0.1) is 18.3 Å². The molecule has 33 heavy (non-hydrogen) atoms. The number of rotatable bonds is 10. The average molecular weight is 451 g/mol. The van der Waals surface area contributed by atoms with Gasteiger partial charge in [0.1, 0.15) is 17.4 Å². The third-order valence-corrected chi connectivity index (χ3v) is 4.84. The SMILES string of the molecule is CCCNC(=O)/C(C#N)=C/c1ccc(OC(=O)COc2ccc(C(C)C)c(C)c2)c(OC)c1. The Labute approximate surface area is 195 Å². The molecule has 0 saturated carbocycles. The van der Waals surface area contributed by atoms with Crippen LogP contribution in [0.2, 0.25) is 0 Å². The van der Waals surface area contributed by atoms with E-state index in [2.05, 4.69) is 19.2 Å². The van der Waals surface area contributed by atoms with Crippen LogP contribution in [0.25, 0.3) is 6.08 Å². The van der Waals surface area contributed by atoms with Crippen molar-refractivity contribution in [1.82, 2.24) is 5.32 Å². The summed E-state index contributed by atoms with van der Waals surface area (Å²) in [7, 11) is 1.44. The fraction of sp³-hybridized carbons (Fsp3) is 0.346. The van der Waals surface area contributed by atoms with E-state index in [1.807, 2.05) is 38.1 Å². The van der Waals surface area contributed by atoms with Crippen molar-refractivity contribution in [3.05, 3.63) is 58.7 Å². The quantitative estimate of drug-likeness (QED) is 0.247. The summed E-state index contributed by atoms with van der Waals surface area (Å²) in [5.74, 6) is 0.474. The van der Waals surface area contributed by atoms with Crippen LogP contribution in [0.4, 0.5) is 0 Å². The summed E-state index contributed by atoms with van der Waals surface area (Å²) in [5.41, 5.74) is 2.86. The van der Waals surface area contributed by atoms with Gasteiger partial charge < -0.3 is 19.5 Å². The zero-order chi connectivity index (χ0) is 24.4. The monoisotopic (exact) mass is 450 g/mol. The first-order valence-corrected chi connectivity index (χ1v) is 10.8. The van der Waals surface area contributed by atoms with Crippen molar-refractivity contribution in [2.24, 2.45) is 0 Å². The Hall–Kier alpha value is -3.79. The van der Waals surface area contributed by atoms with Crippen LogP contribution in [-0.2, 0) is 9.59 Å². The highest BCUT2D eigenvalue weighted by Gasteiger charge is 2.14. The van der Waals surface area contributed by atoms with Gasteiger partial charge in [0.05, 0.1) is 7.11 Å². The second-order valence-electron chi connectivity index (χ2n) is 7.77. The molecule has 0 bridgehead atoms. The predicted octanol–water partition coefficient (Wildman–Crippen LogP) is 4.54. The molecule has 1 amide bonds. The minimum absolute atomic E-state index is 0.0255. The lowest BCUT2D eigenvalue weighted by atomic mass is 9.98. The Kier molecular flexibility index (Phi) is 9.49. The largest absolute Gasteiger partial charge is 0.493 e. The van der Waals surface area contributed by atoms with Crippen molar-refractivity contribution >= 4 is 18.0 Å². The van der Waals surface area contributed by atoms with E-state index in [9.17, 15) is 14.9 Å². The van der Waals surface area contributed by atoms with Gasteiger partial charge in [-0.05, 0) is 66.3 Å². The molecule has 2 rings (SSSR count). The molecule has 2 aromatic rings. The molecule has 0 heterocycles. The Bertz CT molecular complexity index is 1070. The van der Waals surface area contributed by atoms with Crippen molar-refractivity contribution in [2.75, 3.05) is 20.3 Å². The van der Waals surface area contributed by atoms with E-state index < -0.39 is 11.9 Å². The molecule has 0 aliphatic carbocycles. The summed E-state index contributed by atoms with van der Waals surface area (Å²) in [6, 6.07) is 12.4. The number of amides is 1. The van der Waals surface area contributed by atoms with Crippen LogP contribution >= 0.6 is 0 Å². The molecule has 0 unspecified atom stereocenters. The van der Waals surface area contributed by atoms with Gasteiger partial charge in [-0.2, -0.15) is 5.26 Å². The van der Waals surface area contributed by atoms with Gasteiger partial charge in [0.2, 0.25) is 0 Å². The van der Waals surface area contributed by atoms with E-state index in [0.29, 0.717) is 29.5 Å². The number of aryl methyl sites for hydroxylation is 1. The van der Waals surface area contributed by atoms with Crippen molar-refractivity contribution < 1.29 is 23.8 Å². The maximum absolute atomic E-state index is 12.3. The highest BCUT2D eigenvalue weighted by atomic mass is 16.6. The van der Waals surface area contributed by atoms with E-state index in [1.165, 1.54) is 18.7 Å². The van der Waals surface area contributed by atoms with Crippen LogP contribution in [0.5, 0.6) is 17.2 Å². The summed E-state index contributed by atoms with van der Waals surface area (Å²) in [4.78, 5) is 24.4. The average Bonchev–Trinajstić information content (AvgIpc) is 2.80. The van der Waals surface area contributed by atoms with Crippen LogP contribution in [0.1, 0.15) is 49.8 Å². The Morgan fingerprint density at radius 3 is 2.52 bits per heavy atom. The molecule has 0 aliphatic heterocycles. The molecule has 174 valence electrons. The molecule has 0 fully saturated rings. The van der Waals surface area contributed by atoms with Crippen LogP contribution < -0.4 is 19.5 Å². The number of nitrogens with zero attached hydrogens (tertiary/aromatic N) is 1. The first kappa shape index (κ1) is 25.5. The van der Waals surface area contributed by atoms with Crippen LogP contribution in [0.3, 0.4) is 0 Å². The normalized spacial score (nSPS) is 11.0. The second kappa shape index (κ2) is 12.3. The molecule has 0 aromatic heterocycles. The molecule has 7 nitrogen and oxygen atoms in total. The Morgan fingerprint density at radius 1 is 1.15 bits per heavy atom. The fourth-order valence-corrected chi connectivity index (χ4v) is 3.19. The summed E-state index contributed by atoms with van der Waals surface area (Å²) >= 11 is 0. The maximum Gasteiger partial charge on any atom is 0.349 e. The predicted molar refractivity (Wildman–Crippen MR) is 126 cm³/mol. The number of ether oxygens (including phenoxy) is 3. The molecule has 7 heteroatoms. The summed E-state index contributed by atoms with van der Waals surface area (Å²) in [6.45, 7) is 8.40.